The van der Waals surface area contributed by atoms with Crippen molar-refractivity contribution in [3.63, 3.8) is 0 Å². The normalized spacial score (nSPS) is 17.0. The molecule has 0 saturated carbocycles. The lowest BCUT2D eigenvalue weighted by atomic mass is 10.1. The van der Waals surface area contributed by atoms with Crippen LogP contribution in [0.1, 0.15) is 29.4 Å². The molecule has 1 aliphatic heterocycles. The van der Waals surface area contributed by atoms with Gasteiger partial charge in [-0.3, -0.25) is 4.79 Å². The number of carbonyl (C=O) groups is 1. The number of hydrogen-bond donors (Lipinski definition) is 2. The topological polar surface area (TPSA) is 86.5 Å². The maximum atomic E-state index is 12.5. The molecule has 1 fully saturated rings. The predicted octanol–water partition coefficient (Wildman–Crippen LogP) is 3.34. The van der Waals surface area contributed by atoms with E-state index < -0.39 is 0 Å². The average Bonchev–Trinajstić information content (AvgIpc) is 3.27. The van der Waals surface area contributed by atoms with E-state index in [-0.39, 0.29) is 12.0 Å². The van der Waals surface area contributed by atoms with Crippen LogP contribution in [0.3, 0.4) is 0 Å². The molecule has 3 heterocycles. The van der Waals surface area contributed by atoms with Crippen LogP contribution >= 0.6 is 11.3 Å². The van der Waals surface area contributed by atoms with Gasteiger partial charge in [-0.05, 0) is 38.0 Å². The minimum Gasteiger partial charge on any atom is -0.494 e. The van der Waals surface area contributed by atoms with Crippen molar-refractivity contribution in [3.05, 3.63) is 29.1 Å². The summed E-state index contributed by atoms with van der Waals surface area (Å²) in [6.45, 7) is 3.84. The molecule has 7 heteroatoms. The second-order valence-electron chi connectivity index (χ2n) is 6.32. The van der Waals surface area contributed by atoms with Gasteiger partial charge < -0.3 is 20.5 Å². The Morgan fingerprint density at radius 3 is 3.12 bits per heavy atom. The molecular formula is C19H21N3O3S. The maximum Gasteiger partial charge on any atom is 0.263 e. The summed E-state index contributed by atoms with van der Waals surface area (Å²) < 4.78 is 11.1. The van der Waals surface area contributed by atoms with Crippen LogP contribution < -0.4 is 15.8 Å². The predicted molar refractivity (Wildman–Crippen MR) is 104 cm³/mol. The van der Waals surface area contributed by atoms with E-state index in [1.807, 2.05) is 31.2 Å². The van der Waals surface area contributed by atoms with Crippen molar-refractivity contribution in [3.8, 4) is 5.75 Å². The number of rotatable bonds is 5. The van der Waals surface area contributed by atoms with Crippen LogP contribution in [0.4, 0.5) is 5.69 Å². The summed E-state index contributed by atoms with van der Waals surface area (Å²) in [6, 6.07) is 7.76. The van der Waals surface area contributed by atoms with E-state index >= 15 is 0 Å². The van der Waals surface area contributed by atoms with Crippen molar-refractivity contribution in [2.75, 3.05) is 25.5 Å². The summed E-state index contributed by atoms with van der Waals surface area (Å²) in [7, 11) is 0. The first-order valence-electron chi connectivity index (χ1n) is 8.81. The number of pyridine rings is 1. The van der Waals surface area contributed by atoms with Gasteiger partial charge in [-0.25, -0.2) is 4.98 Å². The smallest absolute Gasteiger partial charge is 0.263 e. The molecule has 1 aliphatic rings. The number of nitrogens with zero attached hydrogens (tertiary/aromatic N) is 1. The zero-order valence-corrected chi connectivity index (χ0v) is 15.4. The van der Waals surface area contributed by atoms with Gasteiger partial charge in [-0.1, -0.05) is 0 Å². The zero-order valence-electron chi connectivity index (χ0n) is 14.6. The lowest BCUT2D eigenvalue weighted by Gasteiger charge is -2.10. The Hall–Kier alpha value is -2.38. The third kappa shape index (κ3) is 3.20. The molecule has 136 valence electrons. The number of nitrogens with one attached hydrogen (secondary N) is 1. The van der Waals surface area contributed by atoms with Crippen LogP contribution in [0.15, 0.2) is 24.3 Å². The molecule has 0 radical (unpaired) electrons. The molecular weight excluding hydrogens is 350 g/mol. The van der Waals surface area contributed by atoms with Gasteiger partial charge in [0, 0.05) is 30.0 Å². The van der Waals surface area contributed by atoms with Crippen LogP contribution in [0.2, 0.25) is 0 Å². The molecule has 0 aliphatic carbocycles. The van der Waals surface area contributed by atoms with Crippen LogP contribution in [-0.2, 0) is 4.74 Å². The van der Waals surface area contributed by atoms with Crippen molar-refractivity contribution >= 4 is 44.1 Å². The average molecular weight is 371 g/mol. The summed E-state index contributed by atoms with van der Waals surface area (Å²) in [5, 5.41) is 4.71. The highest BCUT2D eigenvalue weighted by molar-refractivity contribution is 7.21. The number of hydrogen-bond acceptors (Lipinski definition) is 6. The second-order valence-corrected chi connectivity index (χ2v) is 7.32. The summed E-state index contributed by atoms with van der Waals surface area (Å²) in [6.07, 6.45) is 2.13. The van der Waals surface area contributed by atoms with Gasteiger partial charge in [-0.15, -0.1) is 11.3 Å². The molecule has 0 bridgehead atoms. The number of ether oxygens (including phenoxy) is 2. The molecule has 2 aromatic heterocycles. The number of thiophene rings is 1. The van der Waals surface area contributed by atoms with Crippen molar-refractivity contribution in [2.24, 2.45) is 0 Å². The lowest BCUT2D eigenvalue weighted by molar-refractivity contribution is 0.0862. The summed E-state index contributed by atoms with van der Waals surface area (Å²) in [4.78, 5) is 18.5. The Kier molecular flexibility index (Phi) is 4.65. The standard InChI is InChI=1S/C19H21N3O3S/c1-2-24-12-6-5-11-8-14-16(20)17(26-19(14)22-15(11)9-12)18(23)21-10-13-4-3-7-25-13/h5-6,8-9,13H,2-4,7,10,20H2,1H3,(H,21,23)/t13-/m1/s1. The third-order valence-corrected chi connectivity index (χ3v) is 5.63. The minimum absolute atomic E-state index is 0.104. The fraction of sp³-hybridized carbons (Fsp3) is 0.368. The largest absolute Gasteiger partial charge is 0.494 e. The van der Waals surface area contributed by atoms with Crippen LogP contribution in [-0.4, -0.2) is 36.8 Å². The van der Waals surface area contributed by atoms with E-state index in [2.05, 4.69) is 10.3 Å². The van der Waals surface area contributed by atoms with Gasteiger partial charge in [0.05, 0.1) is 23.9 Å². The minimum atomic E-state index is -0.167. The van der Waals surface area contributed by atoms with Crippen molar-refractivity contribution in [1.29, 1.82) is 0 Å². The molecule has 1 aromatic carbocycles. The first kappa shape index (κ1) is 17.1. The highest BCUT2D eigenvalue weighted by atomic mass is 32.1. The van der Waals surface area contributed by atoms with Gasteiger partial charge in [0.25, 0.3) is 5.91 Å². The molecule has 6 nitrogen and oxygen atoms in total. The first-order valence-corrected chi connectivity index (χ1v) is 9.62. The number of anilines is 1. The Morgan fingerprint density at radius 1 is 1.46 bits per heavy atom. The van der Waals surface area contributed by atoms with E-state index in [9.17, 15) is 4.79 Å². The van der Waals surface area contributed by atoms with Gasteiger partial charge in [0.15, 0.2) is 0 Å². The second kappa shape index (κ2) is 7.09. The Bertz CT molecular complexity index is 963. The SMILES string of the molecule is CCOc1ccc2cc3c(N)c(C(=O)NC[C@H]4CCCO4)sc3nc2c1. The number of nitrogen functional groups attached to an aromatic ring is 1. The monoisotopic (exact) mass is 371 g/mol. The van der Waals surface area contributed by atoms with E-state index in [1.165, 1.54) is 11.3 Å². The van der Waals surface area contributed by atoms with Crippen molar-refractivity contribution in [1.82, 2.24) is 10.3 Å². The van der Waals surface area contributed by atoms with E-state index in [0.29, 0.717) is 23.7 Å². The molecule has 4 rings (SSSR count). The van der Waals surface area contributed by atoms with Crippen LogP contribution in [0.25, 0.3) is 21.1 Å². The molecule has 1 amide bonds. The first-order chi connectivity index (χ1) is 12.7. The highest BCUT2D eigenvalue weighted by Gasteiger charge is 2.21. The number of nitrogens with two attached hydrogens (primary N) is 1. The Morgan fingerprint density at radius 2 is 2.35 bits per heavy atom. The van der Waals surface area contributed by atoms with E-state index in [4.69, 9.17) is 15.2 Å². The number of amides is 1. The third-order valence-electron chi connectivity index (χ3n) is 4.52. The highest BCUT2D eigenvalue weighted by Crippen LogP contribution is 2.35. The Labute approximate surface area is 155 Å². The zero-order chi connectivity index (χ0) is 18.1. The number of carbonyl (C=O) groups excluding carboxylic acids is 1. The summed E-state index contributed by atoms with van der Waals surface area (Å²) in [5.41, 5.74) is 7.56. The van der Waals surface area contributed by atoms with E-state index in [1.54, 1.807) is 0 Å². The number of fused-ring (bicyclic) bond motifs is 2. The van der Waals surface area contributed by atoms with Crippen LogP contribution in [0.5, 0.6) is 5.75 Å². The van der Waals surface area contributed by atoms with Crippen LogP contribution in [0, 0.1) is 0 Å². The molecule has 3 aromatic rings. The van der Waals surface area contributed by atoms with Crippen molar-refractivity contribution < 1.29 is 14.3 Å². The van der Waals surface area contributed by atoms with Gasteiger partial charge in [-0.2, -0.15) is 0 Å². The molecule has 1 atom stereocenters. The molecule has 0 unspecified atom stereocenters. The van der Waals surface area contributed by atoms with Gasteiger partial charge in [0.1, 0.15) is 15.5 Å². The van der Waals surface area contributed by atoms with Gasteiger partial charge >= 0.3 is 0 Å². The van der Waals surface area contributed by atoms with E-state index in [0.717, 1.165) is 46.3 Å². The molecule has 0 spiro atoms. The van der Waals surface area contributed by atoms with Gasteiger partial charge in [0.2, 0.25) is 0 Å². The Balaban J connectivity index is 1.64. The number of aromatic nitrogens is 1. The fourth-order valence-electron chi connectivity index (χ4n) is 3.19. The quantitative estimate of drug-likeness (QED) is 0.718. The lowest BCUT2D eigenvalue weighted by Crippen LogP contribution is -2.31. The van der Waals surface area contributed by atoms with Crippen molar-refractivity contribution in [2.45, 2.75) is 25.9 Å². The summed E-state index contributed by atoms with van der Waals surface area (Å²) in [5.74, 6) is 0.617. The fourth-order valence-corrected chi connectivity index (χ4v) is 4.19. The molecule has 26 heavy (non-hydrogen) atoms. The molecule has 3 N–H and O–H groups in total. The molecule has 1 saturated heterocycles. The summed E-state index contributed by atoms with van der Waals surface area (Å²) >= 11 is 1.32. The number of benzene rings is 1. The maximum absolute atomic E-state index is 12.5.